The molecule has 0 bridgehead atoms. The van der Waals surface area contributed by atoms with Gasteiger partial charge in [-0.3, -0.25) is 4.79 Å². The van der Waals surface area contributed by atoms with Crippen LogP contribution in [0.4, 0.5) is 0 Å². The number of halogens is 2. The first-order valence-corrected chi connectivity index (χ1v) is 7.28. The van der Waals surface area contributed by atoms with Crippen LogP contribution in [0.5, 0.6) is 11.5 Å². The first kappa shape index (κ1) is 16.1. The zero-order valence-electron chi connectivity index (χ0n) is 11.0. The highest BCUT2D eigenvalue weighted by molar-refractivity contribution is 6.18. The number of ether oxygens (including phenoxy) is 2. The number of carbonyl (C=O) groups excluding carboxylic acids is 1. The second-order valence-electron chi connectivity index (χ2n) is 4.00. The Balaban J connectivity index is 2.75. The normalized spacial score (nSPS) is 10.3. The molecule has 0 saturated carbocycles. The quantitative estimate of drug-likeness (QED) is 0.394. The van der Waals surface area contributed by atoms with Crippen LogP contribution in [0.1, 0.15) is 30.1 Å². The standard InChI is InChI=1S/C14H18Cl2O3/c1-11(17)13-5-4-12(18-8-2-6-15)10-14(13)19-9-3-7-16/h4-5,10H,2-3,6-9H2,1H3. The lowest BCUT2D eigenvalue weighted by atomic mass is 10.1. The summed E-state index contributed by atoms with van der Waals surface area (Å²) in [6.07, 6.45) is 1.51. The van der Waals surface area contributed by atoms with Crippen LogP contribution in [0.25, 0.3) is 0 Å². The van der Waals surface area contributed by atoms with E-state index in [1.54, 1.807) is 18.2 Å². The van der Waals surface area contributed by atoms with Gasteiger partial charge in [-0.1, -0.05) is 0 Å². The summed E-state index contributed by atoms with van der Waals surface area (Å²) in [6, 6.07) is 5.22. The fourth-order valence-electron chi connectivity index (χ4n) is 1.48. The minimum Gasteiger partial charge on any atom is -0.493 e. The van der Waals surface area contributed by atoms with E-state index in [1.165, 1.54) is 6.92 Å². The van der Waals surface area contributed by atoms with E-state index in [4.69, 9.17) is 32.7 Å². The first-order valence-electron chi connectivity index (χ1n) is 6.21. The highest BCUT2D eigenvalue weighted by atomic mass is 35.5. The Hall–Kier alpha value is -0.930. The van der Waals surface area contributed by atoms with Gasteiger partial charge in [0.15, 0.2) is 5.78 Å². The van der Waals surface area contributed by atoms with Gasteiger partial charge >= 0.3 is 0 Å². The second kappa shape index (κ2) is 9.05. The number of carbonyl (C=O) groups is 1. The van der Waals surface area contributed by atoms with Crippen molar-refractivity contribution >= 4 is 29.0 Å². The highest BCUT2D eigenvalue weighted by Crippen LogP contribution is 2.25. The van der Waals surface area contributed by atoms with E-state index < -0.39 is 0 Å². The van der Waals surface area contributed by atoms with Crippen molar-refractivity contribution in [1.29, 1.82) is 0 Å². The van der Waals surface area contributed by atoms with Gasteiger partial charge in [-0.25, -0.2) is 0 Å². The average Bonchev–Trinajstić information content (AvgIpc) is 2.39. The van der Waals surface area contributed by atoms with Gasteiger partial charge in [0.25, 0.3) is 0 Å². The molecule has 0 aliphatic carbocycles. The lowest BCUT2D eigenvalue weighted by molar-refractivity contribution is 0.101. The van der Waals surface area contributed by atoms with Crippen molar-refractivity contribution in [2.75, 3.05) is 25.0 Å². The van der Waals surface area contributed by atoms with Crippen LogP contribution in [0, 0.1) is 0 Å². The van der Waals surface area contributed by atoms with Crippen molar-refractivity contribution in [3.05, 3.63) is 23.8 Å². The van der Waals surface area contributed by atoms with Crippen molar-refractivity contribution in [2.24, 2.45) is 0 Å². The zero-order chi connectivity index (χ0) is 14.1. The van der Waals surface area contributed by atoms with Gasteiger partial charge in [-0.15, -0.1) is 23.2 Å². The second-order valence-corrected chi connectivity index (χ2v) is 4.75. The number of hydrogen-bond donors (Lipinski definition) is 0. The molecule has 0 fully saturated rings. The highest BCUT2D eigenvalue weighted by Gasteiger charge is 2.10. The summed E-state index contributed by atoms with van der Waals surface area (Å²) in [4.78, 5) is 11.5. The Labute approximate surface area is 123 Å². The molecule has 0 aliphatic heterocycles. The number of benzene rings is 1. The largest absolute Gasteiger partial charge is 0.493 e. The average molecular weight is 305 g/mol. The van der Waals surface area contributed by atoms with Crippen molar-refractivity contribution < 1.29 is 14.3 Å². The predicted octanol–water partition coefficient (Wildman–Crippen LogP) is 3.90. The topological polar surface area (TPSA) is 35.5 Å². The third kappa shape index (κ3) is 5.70. The van der Waals surface area contributed by atoms with Crippen LogP contribution in [-0.4, -0.2) is 30.8 Å². The maximum atomic E-state index is 11.5. The summed E-state index contributed by atoms with van der Waals surface area (Å²) in [6.45, 7) is 2.54. The van der Waals surface area contributed by atoms with E-state index in [1.807, 2.05) is 0 Å². The van der Waals surface area contributed by atoms with Crippen molar-refractivity contribution in [2.45, 2.75) is 19.8 Å². The third-order valence-corrected chi connectivity index (χ3v) is 2.95. The van der Waals surface area contributed by atoms with Crippen LogP contribution in [0.15, 0.2) is 18.2 Å². The molecular weight excluding hydrogens is 287 g/mol. The molecule has 0 spiro atoms. The van der Waals surface area contributed by atoms with Crippen LogP contribution < -0.4 is 9.47 Å². The monoisotopic (exact) mass is 304 g/mol. The molecule has 5 heteroatoms. The Bertz CT molecular complexity index is 408. The van der Waals surface area contributed by atoms with E-state index >= 15 is 0 Å². The van der Waals surface area contributed by atoms with E-state index in [9.17, 15) is 4.79 Å². The molecule has 0 aliphatic rings. The predicted molar refractivity (Wildman–Crippen MR) is 78.1 cm³/mol. The maximum Gasteiger partial charge on any atom is 0.163 e. The van der Waals surface area contributed by atoms with Gasteiger partial charge in [0, 0.05) is 17.8 Å². The van der Waals surface area contributed by atoms with Crippen molar-refractivity contribution in [1.82, 2.24) is 0 Å². The molecule has 0 heterocycles. The van der Waals surface area contributed by atoms with Gasteiger partial charge in [0.1, 0.15) is 11.5 Å². The molecule has 0 aromatic heterocycles. The van der Waals surface area contributed by atoms with Gasteiger partial charge in [0.2, 0.25) is 0 Å². The molecule has 0 amide bonds. The number of hydrogen-bond acceptors (Lipinski definition) is 3. The molecule has 1 aromatic rings. The minimum atomic E-state index is -0.0341. The summed E-state index contributed by atoms with van der Waals surface area (Å²) >= 11 is 11.2. The van der Waals surface area contributed by atoms with Gasteiger partial charge < -0.3 is 9.47 Å². The summed E-state index contributed by atoms with van der Waals surface area (Å²) in [5, 5.41) is 0. The Kier molecular flexibility index (Phi) is 7.68. The number of Topliss-reactive ketones (excluding diaryl/α,β-unsaturated/α-hetero) is 1. The van der Waals surface area contributed by atoms with Crippen LogP contribution >= 0.6 is 23.2 Å². The Morgan fingerprint density at radius 1 is 1.11 bits per heavy atom. The zero-order valence-corrected chi connectivity index (χ0v) is 12.5. The fourth-order valence-corrected chi connectivity index (χ4v) is 1.70. The van der Waals surface area contributed by atoms with Gasteiger partial charge in [-0.2, -0.15) is 0 Å². The Morgan fingerprint density at radius 2 is 1.74 bits per heavy atom. The van der Waals surface area contributed by atoms with E-state index in [0.29, 0.717) is 42.0 Å². The summed E-state index contributed by atoms with van der Waals surface area (Å²) in [5.74, 6) is 2.27. The molecule has 19 heavy (non-hydrogen) atoms. The van der Waals surface area contributed by atoms with Gasteiger partial charge in [-0.05, 0) is 31.9 Å². The van der Waals surface area contributed by atoms with Crippen LogP contribution in [0.3, 0.4) is 0 Å². The summed E-state index contributed by atoms with van der Waals surface area (Å²) in [5.41, 5.74) is 0.555. The number of rotatable bonds is 9. The van der Waals surface area contributed by atoms with Crippen molar-refractivity contribution in [3.63, 3.8) is 0 Å². The van der Waals surface area contributed by atoms with Crippen LogP contribution in [0.2, 0.25) is 0 Å². The Morgan fingerprint density at radius 3 is 2.32 bits per heavy atom. The smallest absolute Gasteiger partial charge is 0.163 e. The van der Waals surface area contributed by atoms with E-state index in [2.05, 4.69) is 0 Å². The molecule has 0 unspecified atom stereocenters. The van der Waals surface area contributed by atoms with Crippen molar-refractivity contribution in [3.8, 4) is 11.5 Å². The summed E-state index contributed by atoms with van der Waals surface area (Å²) in [7, 11) is 0. The van der Waals surface area contributed by atoms with Gasteiger partial charge in [0.05, 0.1) is 18.8 Å². The molecule has 0 N–H and O–H groups in total. The molecule has 0 atom stereocenters. The molecule has 3 nitrogen and oxygen atoms in total. The molecular formula is C14H18Cl2O3. The van der Waals surface area contributed by atoms with E-state index in [-0.39, 0.29) is 5.78 Å². The number of ketones is 1. The maximum absolute atomic E-state index is 11.5. The lowest BCUT2D eigenvalue weighted by Gasteiger charge is -2.12. The SMILES string of the molecule is CC(=O)c1ccc(OCCCCl)cc1OCCCCl. The molecule has 1 aromatic carbocycles. The van der Waals surface area contributed by atoms with E-state index in [0.717, 1.165) is 12.8 Å². The molecule has 0 radical (unpaired) electrons. The third-order valence-electron chi connectivity index (χ3n) is 2.41. The lowest BCUT2D eigenvalue weighted by Crippen LogP contribution is -2.05. The fraction of sp³-hybridized carbons (Fsp3) is 0.500. The minimum absolute atomic E-state index is 0.0341. The molecule has 1 rings (SSSR count). The molecule has 0 saturated heterocycles. The summed E-state index contributed by atoms with van der Waals surface area (Å²) < 4.78 is 11.1. The molecule has 106 valence electrons. The van der Waals surface area contributed by atoms with Crippen LogP contribution in [-0.2, 0) is 0 Å². The first-order chi connectivity index (χ1) is 9.19. The number of alkyl halides is 2.